The van der Waals surface area contributed by atoms with Crippen LogP contribution >= 0.6 is 11.6 Å². The zero-order valence-corrected chi connectivity index (χ0v) is 20.9. The van der Waals surface area contributed by atoms with E-state index in [9.17, 15) is 4.79 Å². The summed E-state index contributed by atoms with van der Waals surface area (Å²) in [6.45, 7) is 6.98. The number of piperazine rings is 1. The van der Waals surface area contributed by atoms with Crippen molar-refractivity contribution in [1.29, 1.82) is 0 Å². The van der Waals surface area contributed by atoms with Crippen LogP contribution in [0.3, 0.4) is 0 Å². The van der Waals surface area contributed by atoms with Crippen molar-refractivity contribution >= 4 is 34.8 Å². The van der Waals surface area contributed by atoms with E-state index in [2.05, 4.69) is 49.3 Å². The standard InChI is InChI=1S/C24H28ClFN8O2/c1-15-14-34(4-3-32(15)2)21-10-19(26)17(9-20(21)30-23(35)22-18(25)13-29-31-22)16-11-27-24(28-12-16)33-5-7-36-8-6-33/h9-13,15H,3-8,14H2,1-2H3,(H,29,31)(H,30,35)/t15-/m0/s1. The Kier molecular flexibility index (Phi) is 7.04. The number of carbonyl (C=O) groups is 1. The molecule has 2 aliphatic rings. The van der Waals surface area contributed by atoms with Crippen molar-refractivity contribution in [3.63, 3.8) is 0 Å². The van der Waals surface area contributed by atoms with Gasteiger partial charge < -0.3 is 24.8 Å². The number of ether oxygens (including phenoxy) is 1. The molecule has 0 bridgehead atoms. The molecule has 0 radical (unpaired) electrons. The maximum Gasteiger partial charge on any atom is 0.277 e. The summed E-state index contributed by atoms with van der Waals surface area (Å²) in [6, 6.07) is 3.36. The van der Waals surface area contributed by atoms with Crippen LogP contribution in [0.5, 0.6) is 0 Å². The molecular weight excluding hydrogens is 487 g/mol. The number of halogens is 2. The van der Waals surface area contributed by atoms with Crippen LogP contribution in [0.4, 0.5) is 21.7 Å². The van der Waals surface area contributed by atoms with Gasteiger partial charge in [-0.3, -0.25) is 9.89 Å². The predicted molar refractivity (Wildman–Crippen MR) is 136 cm³/mol. The van der Waals surface area contributed by atoms with E-state index in [1.54, 1.807) is 18.5 Å². The van der Waals surface area contributed by atoms with Gasteiger partial charge in [-0.2, -0.15) is 5.10 Å². The van der Waals surface area contributed by atoms with Gasteiger partial charge in [0.1, 0.15) is 5.82 Å². The molecule has 5 rings (SSSR count). The Morgan fingerprint density at radius 3 is 2.58 bits per heavy atom. The lowest BCUT2D eigenvalue weighted by molar-refractivity contribution is 0.102. The average molecular weight is 515 g/mol. The smallest absolute Gasteiger partial charge is 0.277 e. The second-order valence-electron chi connectivity index (χ2n) is 9.03. The maximum absolute atomic E-state index is 15.5. The van der Waals surface area contributed by atoms with Gasteiger partial charge in [-0.15, -0.1) is 0 Å². The summed E-state index contributed by atoms with van der Waals surface area (Å²) in [5.74, 6) is -0.330. The molecule has 2 aromatic heterocycles. The number of hydrogen-bond acceptors (Lipinski definition) is 8. The molecule has 1 atom stereocenters. The fourth-order valence-corrected chi connectivity index (χ4v) is 4.59. The van der Waals surface area contributed by atoms with Gasteiger partial charge in [-0.25, -0.2) is 14.4 Å². The predicted octanol–water partition coefficient (Wildman–Crippen LogP) is 2.89. The average Bonchev–Trinajstić information content (AvgIpc) is 3.33. The number of rotatable bonds is 5. The van der Waals surface area contributed by atoms with E-state index in [1.807, 2.05) is 4.90 Å². The van der Waals surface area contributed by atoms with Gasteiger partial charge >= 0.3 is 0 Å². The number of morpholine rings is 1. The third-order valence-electron chi connectivity index (χ3n) is 6.69. The van der Waals surface area contributed by atoms with Gasteiger partial charge in [-0.1, -0.05) is 11.6 Å². The number of hydrogen-bond donors (Lipinski definition) is 2. The van der Waals surface area contributed by atoms with Crippen LogP contribution in [0.1, 0.15) is 17.4 Å². The normalized spacial score (nSPS) is 18.9. The first-order valence-electron chi connectivity index (χ1n) is 11.8. The number of benzene rings is 1. The Bertz CT molecular complexity index is 1230. The van der Waals surface area contributed by atoms with E-state index >= 15 is 4.39 Å². The number of aromatic amines is 1. The monoisotopic (exact) mass is 514 g/mol. The van der Waals surface area contributed by atoms with Gasteiger partial charge in [0.05, 0.1) is 29.6 Å². The second-order valence-corrected chi connectivity index (χ2v) is 9.44. The minimum atomic E-state index is -0.485. The molecule has 1 amide bonds. The van der Waals surface area contributed by atoms with Gasteiger partial charge in [0.25, 0.3) is 5.91 Å². The summed E-state index contributed by atoms with van der Waals surface area (Å²) in [5.41, 5.74) is 1.93. The van der Waals surface area contributed by atoms with E-state index < -0.39 is 11.7 Å². The van der Waals surface area contributed by atoms with Crippen molar-refractivity contribution < 1.29 is 13.9 Å². The van der Waals surface area contributed by atoms with Crippen molar-refractivity contribution in [2.75, 3.05) is 68.1 Å². The van der Waals surface area contributed by atoms with Crippen LogP contribution in [0.2, 0.25) is 5.02 Å². The third-order valence-corrected chi connectivity index (χ3v) is 6.97. The SMILES string of the molecule is C[C@H]1CN(c2cc(F)c(-c3cnc(N4CCOCC4)nc3)cc2NC(=O)c2n[nH]cc2Cl)CCN1C. The minimum Gasteiger partial charge on any atom is -0.378 e. The van der Waals surface area contributed by atoms with Gasteiger partial charge in [-0.05, 0) is 26.1 Å². The lowest BCUT2D eigenvalue weighted by Crippen LogP contribution is -2.50. The van der Waals surface area contributed by atoms with Crippen LogP contribution in [0.15, 0.2) is 30.7 Å². The van der Waals surface area contributed by atoms with Crippen LogP contribution < -0.4 is 15.1 Å². The van der Waals surface area contributed by atoms with Crippen molar-refractivity contribution in [2.24, 2.45) is 0 Å². The Labute approximate surface area is 213 Å². The molecule has 190 valence electrons. The number of carbonyl (C=O) groups excluding carboxylic acids is 1. The highest BCUT2D eigenvalue weighted by Gasteiger charge is 2.26. The quantitative estimate of drug-likeness (QED) is 0.536. The van der Waals surface area contributed by atoms with E-state index in [-0.39, 0.29) is 22.3 Å². The molecule has 10 nitrogen and oxygen atoms in total. The Morgan fingerprint density at radius 2 is 1.92 bits per heavy atom. The second kappa shape index (κ2) is 10.4. The molecule has 2 N–H and O–H groups in total. The van der Waals surface area contributed by atoms with Crippen molar-refractivity contribution in [2.45, 2.75) is 13.0 Å². The number of nitrogens with one attached hydrogen (secondary N) is 2. The molecule has 12 heteroatoms. The molecule has 0 spiro atoms. The van der Waals surface area contributed by atoms with E-state index in [0.717, 1.165) is 6.54 Å². The van der Waals surface area contributed by atoms with Crippen molar-refractivity contribution in [1.82, 2.24) is 25.1 Å². The lowest BCUT2D eigenvalue weighted by Gasteiger charge is -2.39. The minimum absolute atomic E-state index is 0.0680. The number of likely N-dealkylation sites (N-methyl/N-ethyl adjacent to an activating group) is 1. The highest BCUT2D eigenvalue weighted by molar-refractivity contribution is 6.34. The molecule has 4 heterocycles. The molecule has 1 aromatic carbocycles. The lowest BCUT2D eigenvalue weighted by atomic mass is 10.0. The summed E-state index contributed by atoms with van der Waals surface area (Å²) < 4.78 is 20.9. The van der Waals surface area contributed by atoms with E-state index in [4.69, 9.17) is 16.3 Å². The molecule has 0 saturated carbocycles. The summed E-state index contributed by atoms with van der Waals surface area (Å²) in [4.78, 5) is 28.2. The molecule has 2 fully saturated rings. The van der Waals surface area contributed by atoms with Crippen LogP contribution in [0.25, 0.3) is 11.1 Å². The number of anilines is 3. The van der Waals surface area contributed by atoms with Crippen LogP contribution in [-0.2, 0) is 4.74 Å². The fourth-order valence-electron chi connectivity index (χ4n) is 4.42. The van der Waals surface area contributed by atoms with Crippen LogP contribution in [-0.4, -0.2) is 90.0 Å². The highest BCUT2D eigenvalue weighted by Crippen LogP contribution is 2.35. The van der Waals surface area contributed by atoms with Crippen LogP contribution in [0, 0.1) is 5.82 Å². The summed E-state index contributed by atoms with van der Waals surface area (Å²) in [7, 11) is 2.06. The zero-order chi connectivity index (χ0) is 25.2. The van der Waals surface area contributed by atoms with Crippen molar-refractivity contribution in [3.05, 3.63) is 47.3 Å². The molecule has 36 heavy (non-hydrogen) atoms. The molecule has 3 aromatic rings. The summed E-state index contributed by atoms with van der Waals surface area (Å²) in [6.07, 6.45) is 4.64. The maximum atomic E-state index is 15.5. The number of amides is 1. The largest absolute Gasteiger partial charge is 0.378 e. The van der Waals surface area contributed by atoms with E-state index in [1.165, 1.54) is 12.3 Å². The summed E-state index contributed by atoms with van der Waals surface area (Å²) >= 11 is 6.10. The molecule has 0 aliphatic carbocycles. The first-order valence-corrected chi connectivity index (χ1v) is 12.2. The Balaban J connectivity index is 1.49. The Morgan fingerprint density at radius 1 is 1.17 bits per heavy atom. The van der Waals surface area contributed by atoms with Crippen molar-refractivity contribution in [3.8, 4) is 11.1 Å². The van der Waals surface area contributed by atoms with Gasteiger partial charge in [0.2, 0.25) is 5.95 Å². The van der Waals surface area contributed by atoms with Gasteiger partial charge in [0.15, 0.2) is 5.69 Å². The summed E-state index contributed by atoms with van der Waals surface area (Å²) in [5, 5.41) is 9.61. The molecule has 0 unspecified atom stereocenters. The Hall–Kier alpha value is -3.28. The molecule has 2 aliphatic heterocycles. The topological polar surface area (TPSA) is 103 Å². The number of nitrogens with zero attached hydrogens (tertiary/aromatic N) is 6. The highest BCUT2D eigenvalue weighted by atomic mass is 35.5. The fraction of sp³-hybridized carbons (Fsp3) is 0.417. The van der Waals surface area contributed by atoms with Gasteiger partial charge in [0, 0.05) is 68.5 Å². The first kappa shape index (κ1) is 24.4. The number of H-pyrrole nitrogens is 1. The van der Waals surface area contributed by atoms with E-state index in [0.29, 0.717) is 62.3 Å². The molecular formula is C24H28ClFN8O2. The zero-order valence-electron chi connectivity index (χ0n) is 20.2. The third kappa shape index (κ3) is 4.99. The molecule has 2 saturated heterocycles. The number of aromatic nitrogens is 4. The first-order chi connectivity index (χ1) is 17.4.